The summed E-state index contributed by atoms with van der Waals surface area (Å²) in [5, 5.41) is 0. The Morgan fingerprint density at radius 3 is 2.08 bits per heavy atom. The fourth-order valence-corrected chi connectivity index (χ4v) is 3.34. The highest BCUT2D eigenvalue weighted by Gasteiger charge is 2.27. The van der Waals surface area contributed by atoms with Gasteiger partial charge in [-0.25, -0.2) is 13.2 Å². The van der Waals surface area contributed by atoms with Crippen LogP contribution in [0.25, 0.3) is 0 Å². The zero-order valence-corrected chi connectivity index (χ0v) is 16.4. The lowest BCUT2D eigenvalue weighted by Gasteiger charge is -2.35. The molecule has 1 rings (SSSR count). The highest BCUT2D eigenvalue weighted by Crippen LogP contribution is 2.07. The molecule has 0 unspecified atom stereocenters. The van der Waals surface area contributed by atoms with Crippen LogP contribution in [0.5, 0.6) is 0 Å². The van der Waals surface area contributed by atoms with Crippen molar-refractivity contribution in [3.63, 3.8) is 0 Å². The molecule has 146 valence electrons. The Morgan fingerprint density at radius 1 is 1.04 bits per heavy atom. The molecule has 1 aliphatic rings. The van der Waals surface area contributed by atoms with Crippen LogP contribution in [0.1, 0.15) is 13.3 Å². The SMILES string of the molecule is CCOC(=O)N1CCN(C(=O)CN(CCCN(C)C)S(C)(=O)=O)CC1. The van der Waals surface area contributed by atoms with Crippen molar-refractivity contribution in [2.75, 3.05) is 72.8 Å². The molecule has 0 radical (unpaired) electrons. The lowest BCUT2D eigenvalue weighted by atomic mass is 10.3. The van der Waals surface area contributed by atoms with E-state index in [1.807, 2.05) is 19.0 Å². The van der Waals surface area contributed by atoms with E-state index in [0.29, 0.717) is 45.8 Å². The van der Waals surface area contributed by atoms with Crippen LogP contribution in [-0.2, 0) is 19.6 Å². The van der Waals surface area contributed by atoms with Crippen molar-refractivity contribution in [2.45, 2.75) is 13.3 Å². The molecule has 0 aliphatic carbocycles. The van der Waals surface area contributed by atoms with Gasteiger partial charge in [-0.05, 0) is 34.0 Å². The second-order valence-electron chi connectivity index (χ2n) is 6.32. The maximum absolute atomic E-state index is 12.4. The van der Waals surface area contributed by atoms with Crippen molar-refractivity contribution < 1.29 is 22.7 Å². The summed E-state index contributed by atoms with van der Waals surface area (Å²) >= 11 is 0. The molecular formula is C15H30N4O5S. The molecule has 0 aromatic carbocycles. The Bertz CT molecular complexity index is 544. The van der Waals surface area contributed by atoms with Crippen molar-refractivity contribution >= 4 is 22.0 Å². The third-order valence-corrected chi connectivity index (χ3v) is 5.20. The number of hydrogen-bond donors (Lipinski definition) is 0. The molecule has 0 spiro atoms. The second-order valence-corrected chi connectivity index (χ2v) is 8.30. The average molecular weight is 378 g/mol. The fraction of sp³-hybridized carbons (Fsp3) is 0.867. The molecule has 0 atom stereocenters. The van der Waals surface area contributed by atoms with E-state index in [-0.39, 0.29) is 18.5 Å². The lowest BCUT2D eigenvalue weighted by Crippen LogP contribution is -2.53. The van der Waals surface area contributed by atoms with Crippen molar-refractivity contribution in [2.24, 2.45) is 0 Å². The van der Waals surface area contributed by atoms with Crippen LogP contribution in [0.3, 0.4) is 0 Å². The van der Waals surface area contributed by atoms with E-state index in [0.717, 1.165) is 12.8 Å². The van der Waals surface area contributed by atoms with Gasteiger partial charge in [-0.1, -0.05) is 0 Å². The van der Waals surface area contributed by atoms with E-state index in [4.69, 9.17) is 4.74 Å². The third-order valence-electron chi connectivity index (χ3n) is 3.95. The van der Waals surface area contributed by atoms with Gasteiger partial charge in [0, 0.05) is 32.7 Å². The number of ether oxygens (including phenoxy) is 1. The lowest BCUT2D eigenvalue weighted by molar-refractivity contribution is -0.133. The minimum Gasteiger partial charge on any atom is -0.450 e. The predicted octanol–water partition coefficient (Wildman–Crippen LogP) is -0.500. The van der Waals surface area contributed by atoms with Gasteiger partial charge in [0.15, 0.2) is 0 Å². The Balaban J connectivity index is 2.53. The summed E-state index contributed by atoms with van der Waals surface area (Å²) in [6.07, 6.45) is 1.40. The number of amides is 2. The molecule has 10 heteroatoms. The quantitative estimate of drug-likeness (QED) is 0.566. The zero-order chi connectivity index (χ0) is 19.0. The Hall–Kier alpha value is -1.39. The predicted molar refractivity (Wildman–Crippen MR) is 94.8 cm³/mol. The van der Waals surface area contributed by atoms with E-state index < -0.39 is 10.0 Å². The number of carbonyl (C=O) groups excluding carboxylic acids is 2. The van der Waals surface area contributed by atoms with Gasteiger partial charge in [0.05, 0.1) is 19.4 Å². The first-order valence-corrected chi connectivity index (χ1v) is 10.3. The molecule has 0 aromatic rings. The highest BCUT2D eigenvalue weighted by atomic mass is 32.2. The molecule has 0 bridgehead atoms. The second kappa shape index (κ2) is 9.93. The maximum Gasteiger partial charge on any atom is 0.409 e. The minimum atomic E-state index is -3.45. The zero-order valence-electron chi connectivity index (χ0n) is 15.6. The van der Waals surface area contributed by atoms with Crippen molar-refractivity contribution in [3.8, 4) is 0 Å². The van der Waals surface area contributed by atoms with Crippen LogP contribution >= 0.6 is 0 Å². The summed E-state index contributed by atoms with van der Waals surface area (Å²) in [6.45, 7) is 4.51. The van der Waals surface area contributed by atoms with Crippen LogP contribution in [0.2, 0.25) is 0 Å². The molecule has 2 amide bonds. The van der Waals surface area contributed by atoms with Gasteiger partial charge >= 0.3 is 6.09 Å². The van der Waals surface area contributed by atoms with Crippen LogP contribution in [0.15, 0.2) is 0 Å². The first-order chi connectivity index (χ1) is 11.6. The summed E-state index contributed by atoms with van der Waals surface area (Å²) in [6, 6.07) is 0. The van der Waals surface area contributed by atoms with Gasteiger partial charge in [-0.2, -0.15) is 4.31 Å². The molecular weight excluding hydrogens is 348 g/mol. The number of piperazine rings is 1. The largest absolute Gasteiger partial charge is 0.450 e. The van der Waals surface area contributed by atoms with Crippen molar-refractivity contribution in [1.82, 2.24) is 19.0 Å². The Kier molecular flexibility index (Phi) is 8.60. The molecule has 9 nitrogen and oxygen atoms in total. The van der Waals surface area contributed by atoms with Gasteiger partial charge in [0.2, 0.25) is 15.9 Å². The van der Waals surface area contributed by atoms with E-state index in [9.17, 15) is 18.0 Å². The molecule has 1 aliphatic heterocycles. The number of rotatable bonds is 8. The summed E-state index contributed by atoms with van der Waals surface area (Å²) in [4.78, 5) is 29.2. The Morgan fingerprint density at radius 2 is 1.60 bits per heavy atom. The van der Waals surface area contributed by atoms with Gasteiger partial charge < -0.3 is 19.4 Å². The van der Waals surface area contributed by atoms with Gasteiger partial charge in [-0.3, -0.25) is 4.79 Å². The number of hydrogen-bond acceptors (Lipinski definition) is 6. The Labute approximate surface area is 150 Å². The van der Waals surface area contributed by atoms with E-state index in [1.54, 1.807) is 16.7 Å². The van der Waals surface area contributed by atoms with Crippen LogP contribution in [0.4, 0.5) is 4.79 Å². The molecule has 0 aromatic heterocycles. The fourth-order valence-electron chi connectivity index (χ4n) is 2.53. The third kappa shape index (κ3) is 7.57. The summed E-state index contributed by atoms with van der Waals surface area (Å²) in [5.41, 5.74) is 0. The van der Waals surface area contributed by atoms with Gasteiger partial charge in [-0.15, -0.1) is 0 Å². The summed E-state index contributed by atoms with van der Waals surface area (Å²) in [7, 11) is 0.386. The normalized spacial score (nSPS) is 15.8. The van der Waals surface area contributed by atoms with E-state index in [1.165, 1.54) is 4.31 Å². The maximum atomic E-state index is 12.4. The molecule has 1 saturated heterocycles. The monoisotopic (exact) mass is 378 g/mol. The van der Waals surface area contributed by atoms with Crippen molar-refractivity contribution in [1.29, 1.82) is 0 Å². The van der Waals surface area contributed by atoms with Crippen molar-refractivity contribution in [3.05, 3.63) is 0 Å². The summed E-state index contributed by atoms with van der Waals surface area (Å²) < 4.78 is 30.0. The first-order valence-electron chi connectivity index (χ1n) is 8.44. The number of nitrogens with zero attached hydrogens (tertiary/aromatic N) is 4. The smallest absolute Gasteiger partial charge is 0.409 e. The molecule has 1 heterocycles. The minimum absolute atomic E-state index is 0.161. The molecule has 1 fully saturated rings. The van der Waals surface area contributed by atoms with E-state index in [2.05, 4.69) is 0 Å². The highest BCUT2D eigenvalue weighted by molar-refractivity contribution is 7.88. The van der Waals surface area contributed by atoms with Gasteiger partial charge in [0.25, 0.3) is 0 Å². The van der Waals surface area contributed by atoms with Crippen LogP contribution in [-0.4, -0.2) is 112 Å². The molecule has 25 heavy (non-hydrogen) atoms. The molecule has 0 N–H and O–H groups in total. The van der Waals surface area contributed by atoms with Crippen LogP contribution in [0, 0.1) is 0 Å². The number of carbonyl (C=O) groups is 2. The van der Waals surface area contributed by atoms with Crippen LogP contribution < -0.4 is 0 Å². The topological polar surface area (TPSA) is 90.5 Å². The summed E-state index contributed by atoms with van der Waals surface area (Å²) in [5.74, 6) is -0.237. The average Bonchev–Trinajstić information content (AvgIpc) is 2.53. The standard InChI is InChI=1S/C15H30N4O5S/c1-5-24-15(21)18-11-9-17(10-12-18)14(20)13-19(25(4,22)23)8-6-7-16(2)3/h5-13H2,1-4H3. The molecule has 0 saturated carbocycles. The first kappa shape index (κ1) is 21.7. The number of sulfonamides is 1. The van der Waals surface area contributed by atoms with E-state index >= 15 is 0 Å². The van der Waals surface area contributed by atoms with Gasteiger partial charge in [0.1, 0.15) is 0 Å².